The summed E-state index contributed by atoms with van der Waals surface area (Å²) in [7, 11) is 2.02. The van der Waals surface area contributed by atoms with Crippen molar-refractivity contribution in [2.45, 2.75) is 38.0 Å². The van der Waals surface area contributed by atoms with Gasteiger partial charge in [0.15, 0.2) is 6.29 Å². The van der Waals surface area contributed by atoms with Gasteiger partial charge in [-0.2, -0.15) is 0 Å². The van der Waals surface area contributed by atoms with E-state index in [4.69, 9.17) is 9.47 Å². The van der Waals surface area contributed by atoms with Gasteiger partial charge in [0.05, 0.1) is 13.2 Å². The monoisotopic (exact) mass is 249 g/mol. The zero-order chi connectivity index (χ0) is 12.6. The molecule has 2 rings (SSSR count). The fourth-order valence-electron chi connectivity index (χ4n) is 2.35. The molecule has 0 amide bonds. The van der Waals surface area contributed by atoms with Crippen LogP contribution in [0.25, 0.3) is 0 Å². The Hall–Kier alpha value is -0.900. The van der Waals surface area contributed by atoms with Crippen molar-refractivity contribution in [2.75, 3.05) is 20.3 Å². The van der Waals surface area contributed by atoms with Crippen LogP contribution in [0.5, 0.6) is 0 Å². The van der Waals surface area contributed by atoms with Crippen molar-refractivity contribution in [2.24, 2.45) is 0 Å². The van der Waals surface area contributed by atoms with Crippen LogP contribution in [0.15, 0.2) is 30.3 Å². The highest BCUT2D eigenvalue weighted by molar-refractivity contribution is 5.14. The highest BCUT2D eigenvalue weighted by atomic mass is 16.7. The Bertz CT molecular complexity index is 323. The molecule has 0 bridgehead atoms. The highest BCUT2D eigenvalue weighted by Gasteiger charge is 2.20. The molecule has 0 saturated carbocycles. The Kier molecular flexibility index (Phi) is 5.65. The Morgan fingerprint density at radius 3 is 2.61 bits per heavy atom. The third kappa shape index (κ3) is 4.41. The van der Waals surface area contributed by atoms with Crippen molar-refractivity contribution < 1.29 is 9.47 Å². The summed E-state index contributed by atoms with van der Waals surface area (Å²) in [5.74, 6) is 0. The number of benzene rings is 1. The summed E-state index contributed by atoms with van der Waals surface area (Å²) in [5, 5.41) is 3.36. The molecule has 1 aliphatic heterocycles. The van der Waals surface area contributed by atoms with Crippen molar-refractivity contribution in [3.05, 3.63) is 35.9 Å². The number of nitrogens with one attached hydrogen (secondary N) is 1. The predicted molar refractivity (Wildman–Crippen MR) is 72.5 cm³/mol. The molecule has 18 heavy (non-hydrogen) atoms. The predicted octanol–water partition coefficient (Wildman–Crippen LogP) is 2.36. The summed E-state index contributed by atoms with van der Waals surface area (Å²) in [6.07, 6.45) is 4.45. The van der Waals surface area contributed by atoms with E-state index < -0.39 is 0 Å². The standard InChI is InChI=1S/C15H23NO2/c1-16-14(12-15-17-10-11-18-15)9-5-8-13-6-3-2-4-7-13/h2-4,6-7,14-16H,5,8-12H2,1H3. The van der Waals surface area contributed by atoms with Gasteiger partial charge in [0.2, 0.25) is 0 Å². The summed E-state index contributed by atoms with van der Waals surface area (Å²) in [5.41, 5.74) is 1.42. The smallest absolute Gasteiger partial charge is 0.159 e. The summed E-state index contributed by atoms with van der Waals surface area (Å²) in [6.45, 7) is 1.48. The largest absolute Gasteiger partial charge is 0.350 e. The number of hydrogen-bond donors (Lipinski definition) is 1. The lowest BCUT2D eigenvalue weighted by molar-refractivity contribution is -0.0528. The summed E-state index contributed by atoms with van der Waals surface area (Å²) >= 11 is 0. The van der Waals surface area contributed by atoms with E-state index in [1.807, 2.05) is 7.05 Å². The average Bonchev–Trinajstić information content (AvgIpc) is 2.92. The van der Waals surface area contributed by atoms with Gasteiger partial charge in [0.1, 0.15) is 0 Å². The SMILES string of the molecule is CNC(CCCc1ccccc1)CC1OCCO1. The third-order valence-corrected chi connectivity index (χ3v) is 3.44. The van der Waals surface area contributed by atoms with E-state index in [-0.39, 0.29) is 6.29 Å². The number of hydrogen-bond acceptors (Lipinski definition) is 3. The Morgan fingerprint density at radius 1 is 1.22 bits per heavy atom. The van der Waals surface area contributed by atoms with Crippen molar-refractivity contribution in [3.63, 3.8) is 0 Å². The number of rotatable bonds is 7. The normalized spacial score (nSPS) is 18.1. The molecule has 1 aliphatic rings. The topological polar surface area (TPSA) is 30.5 Å². The van der Waals surface area contributed by atoms with Crippen molar-refractivity contribution in [1.82, 2.24) is 5.32 Å². The first-order chi connectivity index (χ1) is 8.88. The molecule has 0 aliphatic carbocycles. The maximum atomic E-state index is 5.49. The van der Waals surface area contributed by atoms with Crippen LogP contribution in [0.3, 0.4) is 0 Å². The molecule has 3 nitrogen and oxygen atoms in total. The van der Waals surface area contributed by atoms with Crippen molar-refractivity contribution >= 4 is 0 Å². The lowest BCUT2D eigenvalue weighted by atomic mass is 10.0. The summed E-state index contributed by atoms with van der Waals surface area (Å²) in [4.78, 5) is 0. The van der Waals surface area contributed by atoms with Gasteiger partial charge in [-0.3, -0.25) is 0 Å². The zero-order valence-corrected chi connectivity index (χ0v) is 11.1. The zero-order valence-electron chi connectivity index (χ0n) is 11.1. The van der Waals surface area contributed by atoms with Gasteiger partial charge in [-0.15, -0.1) is 0 Å². The van der Waals surface area contributed by atoms with Crippen molar-refractivity contribution in [3.8, 4) is 0 Å². The first-order valence-corrected chi connectivity index (χ1v) is 6.83. The van der Waals surface area contributed by atoms with E-state index in [0.29, 0.717) is 6.04 Å². The van der Waals surface area contributed by atoms with Crippen LogP contribution in [0.4, 0.5) is 0 Å². The van der Waals surface area contributed by atoms with Gasteiger partial charge in [0, 0.05) is 12.5 Å². The van der Waals surface area contributed by atoms with Gasteiger partial charge >= 0.3 is 0 Å². The fourth-order valence-corrected chi connectivity index (χ4v) is 2.35. The molecule has 1 heterocycles. The third-order valence-electron chi connectivity index (χ3n) is 3.44. The Balaban J connectivity index is 1.67. The number of ether oxygens (including phenoxy) is 2. The molecule has 1 aromatic rings. The molecule has 3 heteroatoms. The quantitative estimate of drug-likeness (QED) is 0.804. The first kappa shape index (κ1) is 13.5. The fraction of sp³-hybridized carbons (Fsp3) is 0.600. The minimum Gasteiger partial charge on any atom is -0.350 e. The van der Waals surface area contributed by atoms with E-state index in [1.54, 1.807) is 0 Å². The van der Waals surface area contributed by atoms with Gasteiger partial charge in [0.25, 0.3) is 0 Å². The molecule has 100 valence electrons. The summed E-state index contributed by atoms with van der Waals surface area (Å²) in [6, 6.07) is 11.1. The minimum absolute atomic E-state index is 0.000764. The van der Waals surface area contributed by atoms with Crippen LogP contribution in [-0.4, -0.2) is 32.6 Å². The average molecular weight is 249 g/mol. The molecule has 0 aromatic heterocycles. The lowest BCUT2D eigenvalue weighted by Gasteiger charge is -2.19. The second-order valence-corrected chi connectivity index (χ2v) is 4.77. The van der Waals surface area contributed by atoms with Crippen LogP contribution in [0.1, 0.15) is 24.8 Å². The minimum atomic E-state index is -0.000764. The molecule has 0 spiro atoms. The van der Waals surface area contributed by atoms with E-state index in [1.165, 1.54) is 12.0 Å². The first-order valence-electron chi connectivity index (χ1n) is 6.83. The van der Waals surface area contributed by atoms with E-state index in [0.717, 1.165) is 32.5 Å². The maximum absolute atomic E-state index is 5.49. The molecular weight excluding hydrogens is 226 g/mol. The molecule has 1 unspecified atom stereocenters. The van der Waals surface area contributed by atoms with Crippen LogP contribution in [-0.2, 0) is 15.9 Å². The van der Waals surface area contributed by atoms with Crippen LogP contribution >= 0.6 is 0 Å². The number of aryl methyl sites for hydroxylation is 1. The van der Waals surface area contributed by atoms with E-state index in [9.17, 15) is 0 Å². The molecule has 1 atom stereocenters. The molecular formula is C15H23NO2. The highest BCUT2D eigenvalue weighted by Crippen LogP contribution is 2.14. The van der Waals surface area contributed by atoms with E-state index in [2.05, 4.69) is 35.6 Å². The van der Waals surface area contributed by atoms with Crippen LogP contribution < -0.4 is 5.32 Å². The van der Waals surface area contributed by atoms with Crippen molar-refractivity contribution in [1.29, 1.82) is 0 Å². The maximum Gasteiger partial charge on any atom is 0.159 e. The molecule has 1 fully saturated rings. The molecule has 0 radical (unpaired) electrons. The molecule has 1 N–H and O–H groups in total. The Labute approximate surface area is 109 Å². The van der Waals surface area contributed by atoms with Gasteiger partial charge in [-0.1, -0.05) is 30.3 Å². The van der Waals surface area contributed by atoms with Gasteiger partial charge in [-0.05, 0) is 31.9 Å². The summed E-state index contributed by atoms with van der Waals surface area (Å²) < 4.78 is 11.0. The molecule has 1 aromatic carbocycles. The van der Waals surface area contributed by atoms with Crippen LogP contribution in [0.2, 0.25) is 0 Å². The Morgan fingerprint density at radius 2 is 1.94 bits per heavy atom. The molecule has 1 saturated heterocycles. The second-order valence-electron chi connectivity index (χ2n) is 4.77. The van der Waals surface area contributed by atoms with Gasteiger partial charge < -0.3 is 14.8 Å². The van der Waals surface area contributed by atoms with Crippen LogP contribution in [0, 0.1) is 0 Å². The van der Waals surface area contributed by atoms with E-state index >= 15 is 0 Å². The lowest BCUT2D eigenvalue weighted by Crippen LogP contribution is -2.30. The van der Waals surface area contributed by atoms with Gasteiger partial charge in [-0.25, -0.2) is 0 Å². The second kappa shape index (κ2) is 7.52.